The van der Waals surface area contributed by atoms with Gasteiger partial charge in [0.15, 0.2) is 24.2 Å². The smallest absolute Gasteiger partial charge is 0.463 e. The molecule has 0 spiro atoms. The molecule has 25 heteroatoms. The first kappa shape index (κ1) is 37.2. The van der Waals surface area contributed by atoms with E-state index in [0.717, 1.165) is 0 Å². The van der Waals surface area contributed by atoms with E-state index in [0.29, 0.717) is 0 Å². The maximum absolute atomic E-state index is 12.7. The molecular formula is C20H27N5O20. The van der Waals surface area contributed by atoms with Crippen LogP contribution in [0.1, 0.15) is 50.0 Å². The Bertz CT molecular complexity index is 1250. The highest BCUT2D eigenvalue weighted by Crippen LogP contribution is 2.11. The van der Waals surface area contributed by atoms with Crippen molar-refractivity contribution < 1.29 is 72.4 Å². The van der Waals surface area contributed by atoms with Crippen LogP contribution in [0.3, 0.4) is 0 Å². The van der Waals surface area contributed by atoms with Crippen LogP contribution < -0.4 is 11.1 Å². The van der Waals surface area contributed by atoms with Gasteiger partial charge in [-0.25, -0.2) is 9.59 Å². The minimum absolute atomic E-state index is 0.00431. The van der Waals surface area contributed by atoms with Crippen LogP contribution in [0.2, 0.25) is 0 Å². The molecule has 1 aromatic heterocycles. The van der Waals surface area contributed by atoms with E-state index in [1.165, 1.54) is 6.92 Å². The third-order valence-electron chi connectivity index (χ3n) is 5.25. The van der Waals surface area contributed by atoms with Gasteiger partial charge in [-0.3, -0.25) is 9.59 Å². The number of hydrogen-bond acceptors (Lipinski definition) is 20. The molecule has 252 valence electrons. The van der Waals surface area contributed by atoms with Gasteiger partial charge in [0.2, 0.25) is 5.91 Å². The van der Waals surface area contributed by atoms with Crippen LogP contribution >= 0.6 is 0 Å². The molecule has 1 N–H and O–H groups in total. The monoisotopic (exact) mass is 657 g/mol. The van der Waals surface area contributed by atoms with Crippen LogP contribution in [0.25, 0.3) is 0 Å². The number of esters is 2. The van der Waals surface area contributed by atoms with E-state index >= 15 is 0 Å². The maximum Gasteiger partial charge on any atom is 0.519 e. The van der Waals surface area contributed by atoms with E-state index in [1.807, 2.05) is 0 Å². The van der Waals surface area contributed by atoms with E-state index in [9.17, 15) is 59.6 Å². The van der Waals surface area contributed by atoms with Gasteiger partial charge in [0.05, 0.1) is 0 Å². The second-order valence-corrected chi connectivity index (χ2v) is 8.57. The number of amides is 1. The van der Waals surface area contributed by atoms with E-state index in [2.05, 4.69) is 29.1 Å². The molecule has 0 radical (unpaired) electrons. The average Bonchev–Trinajstić information content (AvgIpc) is 3.26. The lowest BCUT2D eigenvalue weighted by molar-refractivity contribution is -0.790. The fourth-order valence-electron chi connectivity index (χ4n) is 3.26. The van der Waals surface area contributed by atoms with Gasteiger partial charge >= 0.3 is 17.8 Å². The summed E-state index contributed by atoms with van der Waals surface area (Å²) in [5.74, 6) is -4.20. The van der Waals surface area contributed by atoms with Gasteiger partial charge < -0.3 is 43.0 Å². The number of rotatable bonds is 24. The highest BCUT2D eigenvalue weighted by atomic mass is 17.0. The van der Waals surface area contributed by atoms with Gasteiger partial charge in [-0.05, 0) is 32.6 Å². The zero-order valence-electron chi connectivity index (χ0n) is 23.3. The molecule has 25 nitrogen and oxygen atoms in total. The Hall–Kier alpha value is -5.78. The Balaban J connectivity index is 2.76. The summed E-state index contributed by atoms with van der Waals surface area (Å²) in [7, 11) is 0. The quantitative estimate of drug-likeness (QED) is 0.0833. The van der Waals surface area contributed by atoms with Crippen LogP contribution in [-0.4, -0.2) is 76.3 Å². The van der Waals surface area contributed by atoms with Gasteiger partial charge in [0.1, 0.15) is 32.0 Å². The van der Waals surface area contributed by atoms with E-state index in [1.54, 1.807) is 0 Å². The highest BCUT2D eigenvalue weighted by molar-refractivity contribution is 5.84. The van der Waals surface area contributed by atoms with Crippen molar-refractivity contribution in [3.05, 3.63) is 62.6 Å². The van der Waals surface area contributed by atoms with Crippen molar-refractivity contribution in [3.63, 3.8) is 0 Å². The molecule has 0 saturated carbocycles. The van der Waals surface area contributed by atoms with Crippen molar-refractivity contribution in [2.45, 2.75) is 70.3 Å². The molecule has 1 rings (SSSR count). The Labute approximate surface area is 249 Å². The van der Waals surface area contributed by atoms with Gasteiger partial charge in [0.25, 0.3) is 20.3 Å². The van der Waals surface area contributed by atoms with E-state index < -0.39 is 102 Å². The molecule has 45 heavy (non-hydrogen) atoms. The molecular weight excluding hydrogens is 630 g/mol. The lowest BCUT2D eigenvalue weighted by atomic mass is 10.1. The second kappa shape index (κ2) is 19.4. The van der Waals surface area contributed by atoms with Gasteiger partial charge in [-0.15, -0.1) is 40.5 Å². The summed E-state index contributed by atoms with van der Waals surface area (Å²) < 4.78 is 19.3. The zero-order valence-corrected chi connectivity index (χ0v) is 23.3. The van der Waals surface area contributed by atoms with Crippen molar-refractivity contribution in [2.75, 3.05) is 19.8 Å². The summed E-state index contributed by atoms with van der Waals surface area (Å²) in [5, 5.41) is 39.2. The second-order valence-electron chi connectivity index (χ2n) is 8.57. The van der Waals surface area contributed by atoms with Crippen LogP contribution in [0.15, 0.2) is 13.6 Å². The Morgan fingerprint density at radius 3 is 1.78 bits per heavy atom. The van der Waals surface area contributed by atoms with Crippen molar-refractivity contribution in [1.82, 2.24) is 5.32 Å². The van der Waals surface area contributed by atoms with E-state index in [4.69, 9.17) is 13.9 Å². The largest absolute Gasteiger partial charge is 0.519 e. The molecule has 3 atom stereocenters. The van der Waals surface area contributed by atoms with Gasteiger partial charge in [0, 0.05) is 12.8 Å². The summed E-state index contributed by atoms with van der Waals surface area (Å²) >= 11 is 0. The van der Waals surface area contributed by atoms with Crippen molar-refractivity contribution in [2.24, 2.45) is 0 Å². The first-order chi connectivity index (χ1) is 21.2. The topological polar surface area (TPSA) is 335 Å². The molecule has 0 bridgehead atoms. The lowest BCUT2D eigenvalue weighted by Crippen LogP contribution is -2.45. The Morgan fingerprint density at radius 1 is 0.778 bits per heavy atom. The standard InChI is InChI=1S/C20H27N5O20/c1-12-16(43-20(29)42-12)11-39-19(28)15(21-17(26)6-2-4-13(44-24(34)35)8-40-22(30)31)10-38-18(27)7-3-5-14(45-25(36)37)9-41-23(32)33/h13-15H,2-11H2,1H3,(H,21,26). The third-order valence-corrected chi connectivity index (χ3v) is 5.25. The normalized spacial score (nSPS) is 12.5. The molecule has 0 aliphatic carbocycles. The predicted octanol–water partition coefficient (Wildman–Crippen LogP) is -0.477. The number of hydrogen-bond donors (Lipinski definition) is 1. The molecule has 0 saturated heterocycles. The van der Waals surface area contributed by atoms with Crippen molar-refractivity contribution in [3.8, 4) is 0 Å². The predicted molar refractivity (Wildman–Crippen MR) is 132 cm³/mol. The number of ether oxygens (including phenoxy) is 2. The molecule has 0 aliphatic heterocycles. The van der Waals surface area contributed by atoms with Gasteiger partial charge in [-0.2, -0.15) is 0 Å². The third kappa shape index (κ3) is 17.1. The summed E-state index contributed by atoms with van der Waals surface area (Å²) in [4.78, 5) is 107. The Kier molecular flexibility index (Phi) is 16.1. The number of aryl methyl sites for hydroxylation is 1. The average molecular weight is 657 g/mol. The van der Waals surface area contributed by atoms with Gasteiger partial charge in [-0.1, -0.05) is 0 Å². The minimum Gasteiger partial charge on any atom is -0.463 e. The van der Waals surface area contributed by atoms with Crippen LogP contribution in [0.5, 0.6) is 0 Å². The molecule has 0 fully saturated rings. The van der Waals surface area contributed by atoms with E-state index in [-0.39, 0.29) is 37.2 Å². The molecule has 1 aromatic rings. The fraction of sp³-hybridized carbons (Fsp3) is 0.700. The first-order valence-corrected chi connectivity index (χ1v) is 12.5. The summed E-state index contributed by atoms with van der Waals surface area (Å²) in [6.45, 7) is -1.66. The first-order valence-electron chi connectivity index (χ1n) is 12.5. The SMILES string of the molecule is Cc1oc(=O)oc1COC(=O)C(COC(=O)CCCC(CO[N+](=O)[O-])O[N+](=O)[O-])NC(=O)CCCC(CO[N+](=O)[O-])O[N+](=O)[O-]. The summed E-state index contributed by atoms with van der Waals surface area (Å²) in [6, 6.07) is -1.64. The fourth-order valence-corrected chi connectivity index (χ4v) is 3.26. The number of nitrogens with one attached hydrogen (secondary N) is 1. The summed E-state index contributed by atoms with van der Waals surface area (Å²) in [5.41, 5.74) is 0. The molecule has 1 amide bonds. The summed E-state index contributed by atoms with van der Waals surface area (Å²) in [6.07, 6.45) is -4.34. The van der Waals surface area contributed by atoms with Crippen molar-refractivity contribution >= 4 is 17.8 Å². The molecule has 3 unspecified atom stereocenters. The van der Waals surface area contributed by atoms with Crippen LogP contribution in [0.4, 0.5) is 0 Å². The van der Waals surface area contributed by atoms with Crippen LogP contribution in [-0.2, 0) is 49.8 Å². The molecule has 1 heterocycles. The zero-order chi connectivity index (χ0) is 33.9. The maximum atomic E-state index is 12.7. The number of carbonyl (C=O) groups excluding carboxylic acids is 3. The highest BCUT2D eigenvalue weighted by Gasteiger charge is 2.26. The number of nitrogens with zero attached hydrogens (tertiary/aromatic N) is 4. The molecule has 0 aliphatic rings. The van der Waals surface area contributed by atoms with Crippen molar-refractivity contribution in [1.29, 1.82) is 0 Å². The van der Waals surface area contributed by atoms with Crippen LogP contribution in [0, 0.1) is 47.4 Å². The Morgan fingerprint density at radius 2 is 1.31 bits per heavy atom. The number of carbonyl (C=O) groups is 3. The lowest BCUT2D eigenvalue weighted by Gasteiger charge is -2.18. The minimum atomic E-state index is -1.64. The molecule has 0 aromatic carbocycles.